The van der Waals surface area contributed by atoms with Crippen molar-refractivity contribution in [1.82, 2.24) is 10.3 Å². The van der Waals surface area contributed by atoms with Crippen LogP contribution in [0.25, 0.3) is 17.2 Å². The predicted molar refractivity (Wildman–Crippen MR) is 80.6 cm³/mol. The van der Waals surface area contributed by atoms with Crippen LogP contribution in [0.1, 0.15) is 24.8 Å². The maximum atomic E-state index is 11.3. The molecule has 0 radical (unpaired) electrons. The topological polar surface area (TPSA) is 67.2 Å². The average molecular weight is 273 g/mol. The van der Waals surface area contributed by atoms with Crippen molar-refractivity contribution >= 4 is 28.8 Å². The van der Waals surface area contributed by atoms with E-state index in [1.54, 1.807) is 6.92 Å². The second-order valence-electron chi connectivity index (χ2n) is 4.62. The molecule has 5 nitrogen and oxygen atoms in total. The third-order valence-corrected chi connectivity index (χ3v) is 2.81. The van der Waals surface area contributed by atoms with Crippen molar-refractivity contribution < 1.29 is 9.21 Å². The van der Waals surface area contributed by atoms with Crippen LogP contribution in [0, 0.1) is 6.92 Å². The summed E-state index contributed by atoms with van der Waals surface area (Å²) in [5, 5.41) is 5.88. The summed E-state index contributed by atoms with van der Waals surface area (Å²) >= 11 is 0. The first kappa shape index (κ1) is 14.3. The van der Waals surface area contributed by atoms with E-state index in [9.17, 15) is 4.79 Å². The SMILES string of the molecule is CNCC/C=C/c1cc(NC(C)=O)c2nc(C)oc2c1. The summed E-state index contributed by atoms with van der Waals surface area (Å²) < 4.78 is 5.55. The van der Waals surface area contributed by atoms with Gasteiger partial charge >= 0.3 is 0 Å². The Morgan fingerprint density at radius 2 is 2.25 bits per heavy atom. The predicted octanol–water partition coefficient (Wildman–Crippen LogP) is 2.72. The van der Waals surface area contributed by atoms with Gasteiger partial charge < -0.3 is 15.1 Å². The highest BCUT2D eigenvalue weighted by Crippen LogP contribution is 2.26. The number of hydrogen-bond donors (Lipinski definition) is 2. The number of fused-ring (bicyclic) bond motifs is 1. The van der Waals surface area contributed by atoms with Crippen molar-refractivity contribution in [2.24, 2.45) is 0 Å². The fourth-order valence-electron chi connectivity index (χ4n) is 1.99. The maximum absolute atomic E-state index is 11.3. The minimum Gasteiger partial charge on any atom is -0.441 e. The monoisotopic (exact) mass is 273 g/mol. The molecule has 0 aliphatic carbocycles. The molecule has 1 amide bonds. The number of nitrogens with zero attached hydrogens (tertiary/aromatic N) is 1. The number of oxazole rings is 1. The summed E-state index contributed by atoms with van der Waals surface area (Å²) in [6.07, 6.45) is 5.04. The highest BCUT2D eigenvalue weighted by atomic mass is 16.3. The molecule has 20 heavy (non-hydrogen) atoms. The van der Waals surface area contributed by atoms with Crippen LogP contribution in [0.4, 0.5) is 5.69 Å². The minimum absolute atomic E-state index is 0.122. The van der Waals surface area contributed by atoms with Crippen LogP contribution in [0.2, 0.25) is 0 Å². The van der Waals surface area contributed by atoms with Gasteiger partial charge in [0.2, 0.25) is 5.91 Å². The van der Waals surface area contributed by atoms with Gasteiger partial charge in [0, 0.05) is 13.8 Å². The number of carbonyl (C=O) groups excluding carboxylic acids is 1. The molecule has 0 unspecified atom stereocenters. The Morgan fingerprint density at radius 1 is 1.45 bits per heavy atom. The van der Waals surface area contributed by atoms with Crippen LogP contribution in [-0.2, 0) is 4.79 Å². The molecule has 2 rings (SSSR count). The molecular weight excluding hydrogens is 254 g/mol. The summed E-state index contributed by atoms with van der Waals surface area (Å²) in [5.74, 6) is 0.464. The molecule has 2 N–H and O–H groups in total. The number of amides is 1. The van der Waals surface area contributed by atoms with E-state index in [0.29, 0.717) is 22.7 Å². The molecule has 5 heteroatoms. The van der Waals surface area contributed by atoms with Gasteiger partial charge in [-0.05, 0) is 37.7 Å². The molecule has 0 aliphatic rings. The molecule has 2 aromatic rings. The molecule has 1 aromatic carbocycles. The number of aryl methyl sites for hydroxylation is 1. The Kier molecular flexibility index (Phi) is 4.53. The van der Waals surface area contributed by atoms with Crippen LogP contribution in [0.3, 0.4) is 0 Å². The number of rotatable bonds is 5. The Morgan fingerprint density at radius 3 is 2.95 bits per heavy atom. The molecule has 0 saturated carbocycles. The Bertz CT molecular complexity index is 644. The fraction of sp³-hybridized carbons (Fsp3) is 0.333. The first-order chi connectivity index (χ1) is 9.60. The van der Waals surface area contributed by atoms with Crippen LogP contribution >= 0.6 is 0 Å². The lowest BCUT2D eigenvalue weighted by atomic mass is 10.1. The largest absolute Gasteiger partial charge is 0.441 e. The molecule has 1 heterocycles. The van der Waals surface area contributed by atoms with Gasteiger partial charge in [0.05, 0.1) is 5.69 Å². The lowest BCUT2D eigenvalue weighted by Crippen LogP contribution is -2.06. The number of carbonyl (C=O) groups is 1. The Balaban J connectivity index is 2.36. The number of anilines is 1. The third kappa shape index (κ3) is 3.45. The van der Waals surface area contributed by atoms with E-state index in [-0.39, 0.29) is 5.91 Å². The van der Waals surface area contributed by atoms with E-state index < -0.39 is 0 Å². The lowest BCUT2D eigenvalue weighted by molar-refractivity contribution is -0.114. The van der Waals surface area contributed by atoms with Crippen LogP contribution in [0.15, 0.2) is 22.6 Å². The van der Waals surface area contributed by atoms with Gasteiger partial charge in [0.1, 0.15) is 5.52 Å². The zero-order valence-electron chi connectivity index (χ0n) is 12.0. The van der Waals surface area contributed by atoms with Gasteiger partial charge in [0.25, 0.3) is 0 Å². The fourth-order valence-corrected chi connectivity index (χ4v) is 1.99. The lowest BCUT2D eigenvalue weighted by Gasteiger charge is -2.04. The van der Waals surface area contributed by atoms with Gasteiger partial charge in [-0.25, -0.2) is 4.98 Å². The van der Waals surface area contributed by atoms with Gasteiger partial charge in [0.15, 0.2) is 11.5 Å². The quantitative estimate of drug-likeness (QED) is 0.822. The standard InChI is InChI=1S/C15H19N3O2/c1-10(19)17-13-8-12(6-4-5-7-16-3)9-14-15(13)18-11(2)20-14/h4,6,8-9,16H,5,7H2,1-3H3,(H,17,19)/b6-4+. The summed E-state index contributed by atoms with van der Waals surface area (Å²) in [6.45, 7) is 4.20. The highest BCUT2D eigenvalue weighted by Gasteiger charge is 2.10. The average Bonchev–Trinajstić information content (AvgIpc) is 2.75. The molecule has 0 atom stereocenters. The zero-order chi connectivity index (χ0) is 14.5. The zero-order valence-corrected chi connectivity index (χ0v) is 12.0. The van der Waals surface area contributed by atoms with Crippen molar-refractivity contribution in [2.75, 3.05) is 18.9 Å². The molecule has 1 aromatic heterocycles. The summed E-state index contributed by atoms with van der Waals surface area (Å²) in [4.78, 5) is 15.6. The Labute approximate surface area is 118 Å². The minimum atomic E-state index is -0.122. The van der Waals surface area contributed by atoms with Crippen molar-refractivity contribution in [3.63, 3.8) is 0 Å². The van der Waals surface area contributed by atoms with E-state index in [1.807, 2.05) is 25.3 Å². The first-order valence-corrected chi connectivity index (χ1v) is 6.60. The van der Waals surface area contributed by atoms with Crippen LogP contribution < -0.4 is 10.6 Å². The molecule has 0 bridgehead atoms. The number of aromatic nitrogens is 1. The van der Waals surface area contributed by atoms with E-state index >= 15 is 0 Å². The van der Waals surface area contributed by atoms with E-state index in [2.05, 4.69) is 21.7 Å². The van der Waals surface area contributed by atoms with Gasteiger partial charge in [-0.3, -0.25) is 4.79 Å². The Hall–Kier alpha value is -2.14. The van der Waals surface area contributed by atoms with Crippen molar-refractivity contribution in [3.8, 4) is 0 Å². The van der Waals surface area contributed by atoms with E-state index in [4.69, 9.17) is 4.42 Å². The van der Waals surface area contributed by atoms with Crippen LogP contribution in [-0.4, -0.2) is 24.5 Å². The van der Waals surface area contributed by atoms with Gasteiger partial charge in [-0.2, -0.15) is 0 Å². The van der Waals surface area contributed by atoms with Crippen molar-refractivity contribution in [2.45, 2.75) is 20.3 Å². The highest BCUT2D eigenvalue weighted by molar-refractivity contribution is 5.99. The number of nitrogens with one attached hydrogen (secondary N) is 2. The van der Waals surface area contributed by atoms with Crippen LogP contribution in [0.5, 0.6) is 0 Å². The second kappa shape index (κ2) is 6.34. The van der Waals surface area contributed by atoms with E-state index in [0.717, 1.165) is 18.5 Å². The smallest absolute Gasteiger partial charge is 0.221 e. The first-order valence-electron chi connectivity index (χ1n) is 6.60. The third-order valence-electron chi connectivity index (χ3n) is 2.81. The molecule has 0 spiro atoms. The van der Waals surface area contributed by atoms with Gasteiger partial charge in [-0.15, -0.1) is 0 Å². The van der Waals surface area contributed by atoms with Gasteiger partial charge in [-0.1, -0.05) is 12.2 Å². The maximum Gasteiger partial charge on any atom is 0.221 e. The molecule has 0 fully saturated rings. The molecule has 0 saturated heterocycles. The molecule has 106 valence electrons. The summed E-state index contributed by atoms with van der Waals surface area (Å²) in [5.41, 5.74) is 3.03. The normalized spacial score (nSPS) is 11.3. The molecular formula is C15H19N3O2. The van der Waals surface area contributed by atoms with Crippen molar-refractivity contribution in [1.29, 1.82) is 0 Å². The number of benzene rings is 1. The van der Waals surface area contributed by atoms with E-state index in [1.165, 1.54) is 6.92 Å². The molecule has 0 aliphatic heterocycles. The number of hydrogen-bond acceptors (Lipinski definition) is 4. The van der Waals surface area contributed by atoms with Crippen molar-refractivity contribution in [3.05, 3.63) is 29.7 Å². The summed E-state index contributed by atoms with van der Waals surface area (Å²) in [6, 6.07) is 3.83. The summed E-state index contributed by atoms with van der Waals surface area (Å²) in [7, 11) is 1.92. The second-order valence-corrected chi connectivity index (χ2v) is 4.62.